The first-order valence-corrected chi connectivity index (χ1v) is 8.74. The van der Waals surface area contributed by atoms with Crippen molar-refractivity contribution < 1.29 is 0 Å². The molecule has 0 aliphatic carbocycles. The third-order valence-electron chi connectivity index (χ3n) is 4.43. The molecule has 1 rings (SSSR count). The van der Waals surface area contributed by atoms with Gasteiger partial charge in [-0.15, -0.1) is 0 Å². The molecule has 0 radical (unpaired) electrons. The number of aryl methyl sites for hydroxylation is 2. The molecule has 0 amide bonds. The summed E-state index contributed by atoms with van der Waals surface area (Å²) in [4.78, 5) is 0. The van der Waals surface area contributed by atoms with Crippen LogP contribution in [0.2, 0.25) is 0 Å². The lowest BCUT2D eigenvalue weighted by molar-refractivity contribution is 0.479. The summed E-state index contributed by atoms with van der Waals surface area (Å²) >= 11 is 0. The Morgan fingerprint density at radius 3 is 1.90 bits per heavy atom. The number of benzene rings is 1. The summed E-state index contributed by atoms with van der Waals surface area (Å²) in [6.07, 6.45) is 9.12. The van der Waals surface area contributed by atoms with Crippen molar-refractivity contribution in [2.45, 2.75) is 85.5 Å². The van der Waals surface area contributed by atoms with Gasteiger partial charge in [0.2, 0.25) is 0 Å². The molecular formula is C20H34. The van der Waals surface area contributed by atoms with Crippen molar-refractivity contribution in [3.63, 3.8) is 0 Å². The minimum atomic E-state index is 0.782. The Hall–Kier alpha value is -0.780. The molecule has 0 saturated carbocycles. The molecule has 114 valence electrons. The van der Waals surface area contributed by atoms with E-state index in [4.69, 9.17) is 0 Å². The van der Waals surface area contributed by atoms with E-state index in [1.165, 1.54) is 44.9 Å². The molecule has 0 N–H and O–H groups in total. The van der Waals surface area contributed by atoms with Crippen LogP contribution in [-0.4, -0.2) is 0 Å². The van der Waals surface area contributed by atoms with Gasteiger partial charge < -0.3 is 0 Å². The van der Waals surface area contributed by atoms with Crippen molar-refractivity contribution in [3.05, 3.63) is 34.9 Å². The lowest BCUT2D eigenvalue weighted by Crippen LogP contribution is -2.07. The monoisotopic (exact) mass is 274 g/mol. The van der Waals surface area contributed by atoms with Crippen LogP contribution < -0.4 is 0 Å². The zero-order valence-electron chi connectivity index (χ0n) is 14.3. The van der Waals surface area contributed by atoms with Gasteiger partial charge in [-0.25, -0.2) is 0 Å². The molecule has 1 aromatic rings. The van der Waals surface area contributed by atoms with Gasteiger partial charge in [0.25, 0.3) is 0 Å². The Morgan fingerprint density at radius 2 is 1.45 bits per heavy atom. The molecule has 20 heavy (non-hydrogen) atoms. The standard InChI is InChI=1S/C20H34/c1-6-11-19(15-9-12-16(4)5)20-17(7-2)13-10-14-18(20)8-3/h10,13-14,16,19H,6-9,11-12,15H2,1-5H3. The van der Waals surface area contributed by atoms with E-state index in [9.17, 15) is 0 Å². The zero-order valence-corrected chi connectivity index (χ0v) is 14.3. The maximum absolute atomic E-state index is 2.35. The molecule has 0 bridgehead atoms. The molecule has 0 heteroatoms. The average molecular weight is 274 g/mol. The summed E-state index contributed by atoms with van der Waals surface area (Å²) < 4.78 is 0. The summed E-state index contributed by atoms with van der Waals surface area (Å²) in [6.45, 7) is 11.6. The van der Waals surface area contributed by atoms with Crippen LogP contribution in [0.25, 0.3) is 0 Å². The van der Waals surface area contributed by atoms with Gasteiger partial charge in [-0.2, -0.15) is 0 Å². The van der Waals surface area contributed by atoms with Gasteiger partial charge in [0.15, 0.2) is 0 Å². The van der Waals surface area contributed by atoms with E-state index in [2.05, 4.69) is 52.8 Å². The Balaban J connectivity index is 2.94. The van der Waals surface area contributed by atoms with E-state index >= 15 is 0 Å². The first kappa shape index (κ1) is 17.3. The Bertz CT molecular complexity index is 353. The van der Waals surface area contributed by atoms with E-state index in [-0.39, 0.29) is 0 Å². The number of hydrogen-bond acceptors (Lipinski definition) is 0. The minimum absolute atomic E-state index is 0.782. The van der Waals surface area contributed by atoms with Crippen molar-refractivity contribution in [2.24, 2.45) is 5.92 Å². The highest BCUT2D eigenvalue weighted by molar-refractivity contribution is 5.38. The van der Waals surface area contributed by atoms with E-state index in [1.807, 2.05) is 0 Å². The van der Waals surface area contributed by atoms with Crippen molar-refractivity contribution in [1.82, 2.24) is 0 Å². The number of rotatable bonds is 9. The van der Waals surface area contributed by atoms with Gasteiger partial charge >= 0.3 is 0 Å². The summed E-state index contributed by atoms with van der Waals surface area (Å²) in [5, 5.41) is 0. The Labute approximate surface area is 127 Å². The van der Waals surface area contributed by atoms with Gasteiger partial charge in [0, 0.05) is 0 Å². The van der Waals surface area contributed by atoms with Crippen molar-refractivity contribution in [1.29, 1.82) is 0 Å². The molecule has 1 atom stereocenters. The molecule has 1 aromatic carbocycles. The van der Waals surface area contributed by atoms with Crippen molar-refractivity contribution in [3.8, 4) is 0 Å². The van der Waals surface area contributed by atoms with Gasteiger partial charge in [0.05, 0.1) is 0 Å². The number of hydrogen-bond donors (Lipinski definition) is 0. The molecular weight excluding hydrogens is 240 g/mol. The van der Waals surface area contributed by atoms with Crippen LogP contribution in [0.15, 0.2) is 18.2 Å². The van der Waals surface area contributed by atoms with Crippen LogP contribution in [-0.2, 0) is 12.8 Å². The second-order valence-electron chi connectivity index (χ2n) is 6.51. The van der Waals surface area contributed by atoms with E-state index in [1.54, 1.807) is 16.7 Å². The highest BCUT2D eigenvalue weighted by Crippen LogP contribution is 2.33. The third kappa shape index (κ3) is 4.96. The van der Waals surface area contributed by atoms with E-state index in [0.717, 1.165) is 11.8 Å². The molecule has 0 heterocycles. The normalized spacial score (nSPS) is 12.9. The summed E-state index contributed by atoms with van der Waals surface area (Å²) in [5.74, 6) is 1.62. The van der Waals surface area contributed by atoms with E-state index in [0.29, 0.717) is 0 Å². The predicted molar refractivity (Wildman–Crippen MR) is 91.5 cm³/mol. The highest BCUT2D eigenvalue weighted by atomic mass is 14.2. The largest absolute Gasteiger partial charge is 0.0654 e. The molecule has 1 unspecified atom stereocenters. The van der Waals surface area contributed by atoms with Crippen LogP contribution in [0.3, 0.4) is 0 Å². The molecule has 0 saturated heterocycles. The maximum atomic E-state index is 2.35. The van der Waals surface area contributed by atoms with Crippen LogP contribution in [0.4, 0.5) is 0 Å². The first-order valence-electron chi connectivity index (χ1n) is 8.74. The van der Waals surface area contributed by atoms with Crippen LogP contribution in [0, 0.1) is 5.92 Å². The Kier molecular flexibility index (Phi) is 7.95. The molecule has 0 fully saturated rings. The van der Waals surface area contributed by atoms with Crippen LogP contribution in [0.5, 0.6) is 0 Å². The lowest BCUT2D eigenvalue weighted by Gasteiger charge is -2.23. The Morgan fingerprint density at radius 1 is 0.850 bits per heavy atom. The van der Waals surface area contributed by atoms with Crippen molar-refractivity contribution >= 4 is 0 Å². The lowest BCUT2D eigenvalue weighted by atomic mass is 9.82. The quantitative estimate of drug-likeness (QED) is 0.481. The smallest absolute Gasteiger partial charge is 0.0157 e. The fourth-order valence-electron chi connectivity index (χ4n) is 3.36. The summed E-state index contributed by atoms with van der Waals surface area (Å²) in [5.41, 5.74) is 4.88. The zero-order chi connectivity index (χ0) is 15.0. The molecule has 0 aromatic heterocycles. The maximum Gasteiger partial charge on any atom is -0.0157 e. The fourth-order valence-corrected chi connectivity index (χ4v) is 3.36. The summed E-state index contributed by atoms with van der Waals surface area (Å²) in [7, 11) is 0. The molecule has 0 nitrogen and oxygen atoms in total. The second-order valence-corrected chi connectivity index (χ2v) is 6.51. The predicted octanol–water partition coefficient (Wildman–Crippen LogP) is 6.52. The first-order chi connectivity index (χ1) is 9.63. The summed E-state index contributed by atoms with van der Waals surface area (Å²) in [6, 6.07) is 6.94. The van der Waals surface area contributed by atoms with Crippen LogP contribution >= 0.6 is 0 Å². The second kappa shape index (κ2) is 9.21. The van der Waals surface area contributed by atoms with E-state index < -0.39 is 0 Å². The minimum Gasteiger partial charge on any atom is -0.0654 e. The third-order valence-corrected chi connectivity index (χ3v) is 4.43. The highest BCUT2D eigenvalue weighted by Gasteiger charge is 2.17. The molecule has 0 aliphatic rings. The van der Waals surface area contributed by atoms with Gasteiger partial charge in [-0.05, 0) is 54.2 Å². The fraction of sp³-hybridized carbons (Fsp3) is 0.700. The van der Waals surface area contributed by atoms with Gasteiger partial charge in [-0.1, -0.05) is 72.1 Å². The SMILES string of the molecule is CCCC(CCCC(C)C)c1c(CC)cccc1CC. The van der Waals surface area contributed by atoms with Crippen LogP contribution in [0.1, 0.15) is 89.3 Å². The molecule has 0 spiro atoms. The van der Waals surface area contributed by atoms with Crippen molar-refractivity contribution in [2.75, 3.05) is 0 Å². The van der Waals surface area contributed by atoms with Gasteiger partial charge in [-0.3, -0.25) is 0 Å². The topological polar surface area (TPSA) is 0 Å². The van der Waals surface area contributed by atoms with Gasteiger partial charge in [0.1, 0.15) is 0 Å². The molecule has 0 aliphatic heterocycles. The average Bonchev–Trinajstić information content (AvgIpc) is 2.45.